The zero-order valence-corrected chi connectivity index (χ0v) is 16.6. The highest BCUT2D eigenvalue weighted by Crippen LogP contribution is 2.29. The maximum Gasteiger partial charge on any atom is 0.252 e. The van der Waals surface area contributed by atoms with E-state index in [0.29, 0.717) is 5.56 Å². The van der Waals surface area contributed by atoms with Crippen LogP contribution in [-0.4, -0.2) is 44.0 Å². The fraction of sp³-hybridized carbons (Fsp3) is 0.450. The molecule has 0 saturated carbocycles. The van der Waals surface area contributed by atoms with Crippen molar-refractivity contribution in [1.29, 1.82) is 0 Å². The van der Waals surface area contributed by atoms with Crippen LogP contribution in [0.1, 0.15) is 38.6 Å². The van der Waals surface area contributed by atoms with Gasteiger partial charge in [0, 0.05) is 47.2 Å². The molecule has 3 rings (SSSR count). The number of anilines is 1. The van der Waals surface area contributed by atoms with Gasteiger partial charge >= 0.3 is 0 Å². The van der Waals surface area contributed by atoms with Crippen LogP contribution in [0.5, 0.6) is 0 Å². The molecule has 6 heteroatoms. The van der Waals surface area contributed by atoms with Gasteiger partial charge in [-0.2, -0.15) is 0 Å². The number of carbonyl (C=O) groups excluding carboxylic acids is 1. The number of thiophene rings is 1. The van der Waals surface area contributed by atoms with Gasteiger partial charge < -0.3 is 15.1 Å². The van der Waals surface area contributed by atoms with E-state index in [1.54, 1.807) is 17.4 Å². The van der Waals surface area contributed by atoms with Gasteiger partial charge in [-0.25, -0.2) is 4.39 Å². The van der Waals surface area contributed by atoms with Gasteiger partial charge in [-0.05, 0) is 52.1 Å². The predicted molar refractivity (Wildman–Crippen MR) is 106 cm³/mol. The molecule has 1 aromatic carbocycles. The third-order valence-corrected chi connectivity index (χ3v) is 5.90. The van der Waals surface area contributed by atoms with Crippen LogP contribution in [-0.2, 0) is 0 Å². The summed E-state index contributed by atoms with van der Waals surface area (Å²) >= 11 is 1.62. The summed E-state index contributed by atoms with van der Waals surface area (Å²) in [6.45, 7) is 9.62. The van der Waals surface area contributed by atoms with Crippen molar-refractivity contribution >= 4 is 22.9 Å². The van der Waals surface area contributed by atoms with E-state index in [9.17, 15) is 9.18 Å². The van der Waals surface area contributed by atoms with Gasteiger partial charge in [-0.3, -0.25) is 4.79 Å². The number of benzene rings is 1. The van der Waals surface area contributed by atoms with E-state index in [1.807, 2.05) is 32.9 Å². The highest BCUT2D eigenvalue weighted by atomic mass is 32.1. The van der Waals surface area contributed by atoms with Gasteiger partial charge in [0.15, 0.2) is 0 Å². The standard InChI is InChI=1S/C20H26FN3OS/c1-13-11-18(15(3)26-13)20(25)22-14(2)17-12-16(21)5-6-19(17)24-9-7-23(4)8-10-24/h5-6,11-12,14H,7-10H2,1-4H3,(H,22,25). The second kappa shape index (κ2) is 7.76. The number of halogens is 1. The molecule has 1 fully saturated rings. The number of likely N-dealkylation sites (N-methyl/N-ethyl adjacent to an activating group) is 1. The van der Waals surface area contributed by atoms with Gasteiger partial charge in [0.2, 0.25) is 0 Å². The zero-order valence-electron chi connectivity index (χ0n) is 15.8. The average molecular weight is 376 g/mol. The molecule has 140 valence electrons. The Morgan fingerprint density at radius 2 is 1.88 bits per heavy atom. The second-order valence-corrected chi connectivity index (χ2v) is 8.48. The molecule has 0 radical (unpaired) electrons. The number of amides is 1. The molecule has 1 unspecified atom stereocenters. The summed E-state index contributed by atoms with van der Waals surface area (Å²) in [5, 5.41) is 3.05. The Morgan fingerprint density at radius 3 is 2.50 bits per heavy atom. The van der Waals surface area contributed by atoms with E-state index < -0.39 is 0 Å². The summed E-state index contributed by atoms with van der Waals surface area (Å²) in [6, 6.07) is 6.52. The minimum absolute atomic E-state index is 0.104. The predicted octanol–water partition coefficient (Wildman–Crippen LogP) is 3.75. The number of aryl methyl sites for hydroxylation is 2. The molecule has 0 aliphatic carbocycles. The Hall–Kier alpha value is -1.92. The van der Waals surface area contributed by atoms with Crippen LogP contribution in [0.4, 0.5) is 10.1 Å². The molecule has 1 amide bonds. The zero-order chi connectivity index (χ0) is 18.8. The summed E-state index contributed by atoms with van der Waals surface area (Å²) in [5.74, 6) is -0.380. The molecule has 0 bridgehead atoms. The molecule has 1 atom stereocenters. The van der Waals surface area contributed by atoms with Gasteiger partial charge in [0.1, 0.15) is 5.82 Å². The monoisotopic (exact) mass is 375 g/mol. The number of nitrogens with zero attached hydrogens (tertiary/aromatic N) is 2. The number of carbonyl (C=O) groups is 1. The minimum atomic E-state index is -0.276. The average Bonchev–Trinajstić information content (AvgIpc) is 2.94. The SMILES string of the molecule is Cc1cc(C(=O)NC(C)c2cc(F)ccc2N2CCN(C)CC2)c(C)s1. The normalized spacial score (nSPS) is 16.6. The Kier molecular flexibility index (Phi) is 5.63. The first-order chi connectivity index (χ1) is 12.3. The van der Waals surface area contributed by atoms with Gasteiger partial charge in [0.25, 0.3) is 5.91 Å². The molecule has 1 aromatic heterocycles. The fourth-order valence-electron chi connectivity index (χ4n) is 3.42. The molecule has 1 N–H and O–H groups in total. The first kappa shape index (κ1) is 18.9. The lowest BCUT2D eigenvalue weighted by Gasteiger charge is -2.36. The summed E-state index contributed by atoms with van der Waals surface area (Å²) in [4.78, 5) is 19.3. The number of rotatable bonds is 4. The van der Waals surface area contributed by atoms with Crippen molar-refractivity contribution in [2.24, 2.45) is 0 Å². The topological polar surface area (TPSA) is 35.6 Å². The van der Waals surface area contributed by atoms with Crippen LogP contribution >= 0.6 is 11.3 Å². The molecule has 1 saturated heterocycles. The third kappa shape index (κ3) is 4.07. The maximum absolute atomic E-state index is 13.9. The molecule has 1 aliphatic rings. The number of piperazine rings is 1. The van der Waals surface area contributed by atoms with E-state index in [1.165, 1.54) is 6.07 Å². The van der Waals surface area contributed by atoms with Crippen LogP contribution in [0.25, 0.3) is 0 Å². The fourth-order valence-corrected chi connectivity index (χ4v) is 4.34. The van der Waals surface area contributed by atoms with Crippen molar-refractivity contribution in [1.82, 2.24) is 10.2 Å². The largest absolute Gasteiger partial charge is 0.369 e. The van der Waals surface area contributed by atoms with Gasteiger partial charge in [0.05, 0.1) is 11.6 Å². The van der Waals surface area contributed by atoms with Crippen molar-refractivity contribution in [3.05, 3.63) is 51.0 Å². The second-order valence-electron chi connectivity index (χ2n) is 7.02. The lowest BCUT2D eigenvalue weighted by atomic mass is 10.0. The van der Waals surface area contributed by atoms with Crippen molar-refractivity contribution in [2.45, 2.75) is 26.8 Å². The first-order valence-electron chi connectivity index (χ1n) is 8.96. The van der Waals surface area contributed by atoms with E-state index in [2.05, 4.69) is 22.2 Å². The molecule has 26 heavy (non-hydrogen) atoms. The number of hydrogen-bond acceptors (Lipinski definition) is 4. The first-order valence-corrected chi connectivity index (χ1v) is 9.77. The lowest BCUT2D eigenvalue weighted by molar-refractivity contribution is 0.0939. The third-order valence-electron chi connectivity index (χ3n) is 4.93. The van der Waals surface area contributed by atoms with Gasteiger partial charge in [-0.15, -0.1) is 11.3 Å². The maximum atomic E-state index is 13.9. The Bertz CT molecular complexity index is 796. The van der Waals surface area contributed by atoms with Crippen LogP contribution in [0, 0.1) is 19.7 Å². The molecule has 1 aliphatic heterocycles. The molecular weight excluding hydrogens is 349 g/mol. The van der Waals surface area contributed by atoms with Crippen molar-refractivity contribution < 1.29 is 9.18 Å². The quantitative estimate of drug-likeness (QED) is 0.884. The number of hydrogen-bond donors (Lipinski definition) is 1. The smallest absolute Gasteiger partial charge is 0.252 e. The van der Waals surface area contributed by atoms with Crippen LogP contribution in [0.3, 0.4) is 0 Å². The Labute approximate surface area is 158 Å². The van der Waals surface area contributed by atoms with Crippen molar-refractivity contribution in [3.8, 4) is 0 Å². The van der Waals surface area contributed by atoms with E-state index in [0.717, 1.165) is 47.2 Å². The number of nitrogens with one attached hydrogen (secondary N) is 1. The van der Waals surface area contributed by atoms with Crippen molar-refractivity contribution in [2.75, 3.05) is 38.1 Å². The Morgan fingerprint density at radius 1 is 1.19 bits per heavy atom. The summed E-state index contributed by atoms with van der Waals surface area (Å²) in [5.41, 5.74) is 2.54. The van der Waals surface area contributed by atoms with Crippen LogP contribution in [0.2, 0.25) is 0 Å². The van der Waals surface area contributed by atoms with Crippen LogP contribution < -0.4 is 10.2 Å². The van der Waals surface area contributed by atoms with E-state index in [4.69, 9.17) is 0 Å². The highest BCUT2D eigenvalue weighted by Gasteiger charge is 2.22. The van der Waals surface area contributed by atoms with E-state index in [-0.39, 0.29) is 17.8 Å². The van der Waals surface area contributed by atoms with E-state index >= 15 is 0 Å². The molecule has 0 spiro atoms. The summed E-state index contributed by atoms with van der Waals surface area (Å²) in [7, 11) is 2.11. The van der Waals surface area contributed by atoms with Crippen molar-refractivity contribution in [3.63, 3.8) is 0 Å². The molecule has 2 heterocycles. The van der Waals surface area contributed by atoms with Gasteiger partial charge in [-0.1, -0.05) is 0 Å². The minimum Gasteiger partial charge on any atom is -0.369 e. The van der Waals surface area contributed by atoms with Crippen LogP contribution in [0.15, 0.2) is 24.3 Å². The molecule has 4 nitrogen and oxygen atoms in total. The molecular formula is C20H26FN3OS. The summed E-state index contributed by atoms with van der Waals surface area (Å²) in [6.07, 6.45) is 0. The lowest BCUT2D eigenvalue weighted by Crippen LogP contribution is -2.45. The summed E-state index contributed by atoms with van der Waals surface area (Å²) < 4.78 is 13.9. The molecule has 2 aromatic rings. The Balaban J connectivity index is 1.82. The highest BCUT2D eigenvalue weighted by molar-refractivity contribution is 7.12.